The number of nitrogens with zero attached hydrogens (tertiary/aromatic N) is 1. The molecule has 16 heavy (non-hydrogen) atoms. The summed E-state index contributed by atoms with van der Waals surface area (Å²) >= 11 is 3.38. The summed E-state index contributed by atoms with van der Waals surface area (Å²) in [6.45, 7) is 4.55. The molecule has 0 unspecified atom stereocenters. The van der Waals surface area contributed by atoms with Gasteiger partial charge in [-0.05, 0) is 41.1 Å². The molecule has 0 amide bonds. The van der Waals surface area contributed by atoms with Gasteiger partial charge < -0.3 is 9.64 Å². The van der Waals surface area contributed by atoms with Crippen LogP contribution in [0.15, 0.2) is 22.7 Å². The van der Waals surface area contributed by atoms with Crippen molar-refractivity contribution < 1.29 is 9.53 Å². The van der Waals surface area contributed by atoms with E-state index >= 15 is 0 Å². The lowest BCUT2D eigenvalue weighted by Gasteiger charge is -2.23. The Labute approximate surface area is 105 Å². The minimum atomic E-state index is 0.673. The number of rotatable bonds is 6. The number of hydrogen-bond acceptors (Lipinski definition) is 3. The van der Waals surface area contributed by atoms with Crippen molar-refractivity contribution in [2.45, 2.75) is 6.92 Å². The van der Waals surface area contributed by atoms with Gasteiger partial charge in [0.25, 0.3) is 0 Å². The zero-order valence-electron chi connectivity index (χ0n) is 9.57. The van der Waals surface area contributed by atoms with Gasteiger partial charge in [-0.15, -0.1) is 0 Å². The van der Waals surface area contributed by atoms with Gasteiger partial charge in [0.15, 0.2) is 6.29 Å². The van der Waals surface area contributed by atoms with Gasteiger partial charge in [-0.3, -0.25) is 4.79 Å². The quantitative estimate of drug-likeness (QED) is 0.753. The average molecular weight is 286 g/mol. The van der Waals surface area contributed by atoms with Crippen LogP contribution in [0, 0.1) is 0 Å². The molecule has 0 aliphatic carbocycles. The number of halogens is 1. The molecule has 0 bridgehead atoms. The monoisotopic (exact) mass is 285 g/mol. The van der Waals surface area contributed by atoms with E-state index in [4.69, 9.17) is 4.74 Å². The van der Waals surface area contributed by atoms with Crippen molar-refractivity contribution in [1.82, 2.24) is 0 Å². The summed E-state index contributed by atoms with van der Waals surface area (Å²) < 4.78 is 5.89. The number of aldehydes is 1. The largest absolute Gasteiger partial charge is 0.383 e. The fourth-order valence-electron chi connectivity index (χ4n) is 1.48. The first-order valence-electron chi connectivity index (χ1n) is 5.21. The summed E-state index contributed by atoms with van der Waals surface area (Å²) in [6.07, 6.45) is 0.847. The van der Waals surface area contributed by atoms with Gasteiger partial charge in [0.1, 0.15) is 0 Å². The lowest BCUT2D eigenvalue weighted by atomic mass is 10.2. The summed E-state index contributed by atoms with van der Waals surface area (Å²) in [5, 5.41) is 0. The van der Waals surface area contributed by atoms with Crippen LogP contribution in [0.5, 0.6) is 0 Å². The number of likely N-dealkylation sites (N-methyl/N-ethyl adjacent to an activating group) is 1. The van der Waals surface area contributed by atoms with Crippen LogP contribution in [0.1, 0.15) is 17.3 Å². The van der Waals surface area contributed by atoms with Crippen molar-refractivity contribution in [1.29, 1.82) is 0 Å². The van der Waals surface area contributed by atoms with Crippen LogP contribution in [0.25, 0.3) is 0 Å². The summed E-state index contributed by atoms with van der Waals surface area (Å²) in [4.78, 5) is 12.9. The molecule has 0 saturated carbocycles. The van der Waals surface area contributed by atoms with E-state index in [2.05, 4.69) is 27.8 Å². The molecule has 0 aromatic heterocycles. The SMILES string of the molecule is CCN(CCOC)c1ccc(C=O)c(Br)c1. The molecule has 0 N–H and O–H groups in total. The zero-order chi connectivity index (χ0) is 12.0. The predicted molar refractivity (Wildman–Crippen MR) is 69.3 cm³/mol. The van der Waals surface area contributed by atoms with E-state index in [0.29, 0.717) is 12.2 Å². The fraction of sp³-hybridized carbons (Fsp3) is 0.417. The predicted octanol–water partition coefficient (Wildman–Crippen LogP) is 2.73. The first-order valence-corrected chi connectivity index (χ1v) is 6.00. The molecule has 0 spiro atoms. The second kappa shape index (κ2) is 6.66. The molecule has 0 radical (unpaired) electrons. The van der Waals surface area contributed by atoms with Crippen LogP contribution in [0.2, 0.25) is 0 Å². The summed E-state index contributed by atoms with van der Waals surface area (Å²) in [7, 11) is 1.69. The number of anilines is 1. The Morgan fingerprint density at radius 3 is 2.75 bits per heavy atom. The number of ether oxygens (including phenoxy) is 1. The number of carbonyl (C=O) groups excluding carboxylic acids is 1. The van der Waals surface area contributed by atoms with Gasteiger partial charge in [0.2, 0.25) is 0 Å². The lowest BCUT2D eigenvalue weighted by Crippen LogP contribution is -2.26. The van der Waals surface area contributed by atoms with E-state index in [-0.39, 0.29) is 0 Å². The van der Waals surface area contributed by atoms with Crippen molar-refractivity contribution in [3.05, 3.63) is 28.2 Å². The average Bonchev–Trinajstić information content (AvgIpc) is 2.30. The number of hydrogen-bond donors (Lipinski definition) is 0. The van der Waals surface area contributed by atoms with Crippen LogP contribution >= 0.6 is 15.9 Å². The molecule has 1 aromatic carbocycles. The minimum absolute atomic E-state index is 0.673. The molecule has 0 atom stereocenters. The fourth-order valence-corrected chi connectivity index (χ4v) is 1.94. The highest BCUT2D eigenvalue weighted by Crippen LogP contribution is 2.23. The number of carbonyl (C=O) groups is 1. The molecule has 0 saturated heterocycles. The summed E-state index contributed by atoms with van der Waals surface area (Å²) in [6, 6.07) is 5.73. The van der Waals surface area contributed by atoms with Gasteiger partial charge >= 0.3 is 0 Å². The van der Waals surface area contributed by atoms with Crippen molar-refractivity contribution in [3.8, 4) is 0 Å². The molecule has 3 nitrogen and oxygen atoms in total. The second-order valence-corrected chi connectivity index (χ2v) is 4.25. The van der Waals surface area contributed by atoms with Crippen LogP contribution in [0.4, 0.5) is 5.69 Å². The van der Waals surface area contributed by atoms with Crippen molar-refractivity contribution in [3.63, 3.8) is 0 Å². The maximum Gasteiger partial charge on any atom is 0.151 e. The van der Waals surface area contributed by atoms with E-state index in [1.165, 1.54) is 0 Å². The minimum Gasteiger partial charge on any atom is -0.383 e. The first kappa shape index (κ1) is 13.2. The van der Waals surface area contributed by atoms with E-state index in [1.54, 1.807) is 7.11 Å². The van der Waals surface area contributed by atoms with Gasteiger partial charge in [-0.25, -0.2) is 0 Å². The second-order valence-electron chi connectivity index (χ2n) is 3.40. The van der Waals surface area contributed by atoms with Gasteiger partial charge in [0.05, 0.1) is 6.61 Å². The summed E-state index contributed by atoms with van der Waals surface area (Å²) in [5.41, 5.74) is 1.77. The molecule has 0 aliphatic heterocycles. The Kier molecular flexibility index (Phi) is 5.49. The van der Waals surface area contributed by atoms with Crippen molar-refractivity contribution in [2.24, 2.45) is 0 Å². The Bertz CT molecular complexity index is 355. The van der Waals surface area contributed by atoms with E-state index in [1.807, 2.05) is 18.2 Å². The Morgan fingerprint density at radius 1 is 1.50 bits per heavy atom. The number of benzene rings is 1. The third kappa shape index (κ3) is 3.32. The van der Waals surface area contributed by atoms with Crippen LogP contribution in [0.3, 0.4) is 0 Å². The maximum absolute atomic E-state index is 10.7. The van der Waals surface area contributed by atoms with Gasteiger partial charge in [0, 0.05) is 35.9 Å². The van der Waals surface area contributed by atoms with Crippen molar-refractivity contribution >= 4 is 27.9 Å². The molecule has 1 aromatic rings. The molecule has 4 heteroatoms. The standard InChI is InChI=1S/C12H16BrNO2/c1-3-14(6-7-16-2)11-5-4-10(9-15)12(13)8-11/h4-5,8-9H,3,6-7H2,1-2H3. The lowest BCUT2D eigenvalue weighted by molar-refractivity contribution is 0.112. The van der Waals surface area contributed by atoms with E-state index < -0.39 is 0 Å². The molecule has 1 rings (SSSR count). The van der Waals surface area contributed by atoms with Crippen LogP contribution in [-0.4, -0.2) is 33.1 Å². The molecular weight excluding hydrogens is 270 g/mol. The smallest absolute Gasteiger partial charge is 0.151 e. The molecule has 0 aliphatic rings. The number of methoxy groups -OCH3 is 1. The zero-order valence-corrected chi connectivity index (χ0v) is 11.2. The highest BCUT2D eigenvalue weighted by atomic mass is 79.9. The topological polar surface area (TPSA) is 29.5 Å². The van der Waals surface area contributed by atoms with E-state index in [0.717, 1.165) is 29.5 Å². The Balaban J connectivity index is 2.84. The van der Waals surface area contributed by atoms with Crippen molar-refractivity contribution in [2.75, 3.05) is 31.7 Å². The third-order valence-electron chi connectivity index (χ3n) is 2.42. The van der Waals surface area contributed by atoms with Crippen LogP contribution < -0.4 is 4.90 Å². The highest BCUT2D eigenvalue weighted by molar-refractivity contribution is 9.10. The molecule has 0 fully saturated rings. The Morgan fingerprint density at radius 2 is 2.25 bits per heavy atom. The normalized spacial score (nSPS) is 10.2. The molecule has 0 heterocycles. The first-order chi connectivity index (χ1) is 7.72. The highest BCUT2D eigenvalue weighted by Gasteiger charge is 2.06. The Hall–Kier alpha value is -0.870. The molecular formula is C12H16BrNO2. The van der Waals surface area contributed by atoms with Crippen LogP contribution in [-0.2, 0) is 4.74 Å². The summed E-state index contributed by atoms with van der Waals surface area (Å²) in [5.74, 6) is 0. The molecule has 88 valence electrons. The third-order valence-corrected chi connectivity index (χ3v) is 3.11. The van der Waals surface area contributed by atoms with Gasteiger partial charge in [-0.1, -0.05) is 0 Å². The van der Waals surface area contributed by atoms with Gasteiger partial charge in [-0.2, -0.15) is 0 Å². The van der Waals surface area contributed by atoms with E-state index in [9.17, 15) is 4.79 Å². The maximum atomic E-state index is 10.7.